The van der Waals surface area contributed by atoms with Crippen LogP contribution >= 0.6 is 11.3 Å². The van der Waals surface area contributed by atoms with E-state index in [-0.39, 0.29) is 11.7 Å². The van der Waals surface area contributed by atoms with Crippen LogP contribution in [0.3, 0.4) is 0 Å². The highest BCUT2D eigenvalue weighted by atomic mass is 32.1. The van der Waals surface area contributed by atoms with Gasteiger partial charge in [-0.15, -0.1) is 11.3 Å². The fourth-order valence-corrected chi connectivity index (χ4v) is 1.98. The average molecular weight is 277 g/mol. The minimum Gasteiger partial charge on any atom is -0.468 e. The van der Waals surface area contributed by atoms with Crippen LogP contribution in [-0.2, 0) is 0 Å². The minimum atomic E-state index is -4.39. The molecule has 0 aliphatic carbocycles. The molecule has 0 fully saturated rings. The second kappa shape index (κ2) is 4.93. The summed E-state index contributed by atoms with van der Waals surface area (Å²) >= 11 is 1.19. The number of alkyl halides is 3. The van der Waals surface area contributed by atoms with Crippen LogP contribution in [-0.4, -0.2) is 17.8 Å². The number of pyridine rings is 1. The maximum atomic E-state index is 12.8. The summed E-state index contributed by atoms with van der Waals surface area (Å²) in [5.74, 6) is -0.472. The van der Waals surface area contributed by atoms with Crippen molar-refractivity contribution in [2.75, 3.05) is 6.61 Å². The largest absolute Gasteiger partial charge is 0.468 e. The van der Waals surface area contributed by atoms with Gasteiger partial charge in [0, 0.05) is 28.1 Å². The van der Waals surface area contributed by atoms with E-state index in [4.69, 9.17) is 0 Å². The second-order valence-electron chi connectivity index (χ2n) is 3.42. The molecule has 0 atom stereocenters. The Morgan fingerprint density at radius 2 is 2.06 bits per heavy atom. The molecule has 0 spiro atoms. The summed E-state index contributed by atoms with van der Waals surface area (Å²) < 4.78 is 52.9. The predicted octanol–water partition coefficient (Wildman–Crippen LogP) is 3.89. The Balaban J connectivity index is 2.06. The molecule has 0 amide bonds. The number of thiophene rings is 1. The predicted molar refractivity (Wildman–Crippen MR) is 59.1 cm³/mol. The van der Waals surface area contributed by atoms with Crippen molar-refractivity contribution in [1.29, 1.82) is 0 Å². The van der Waals surface area contributed by atoms with Gasteiger partial charge in [-0.25, -0.2) is 9.37 Å². The van der Waals surface area contributed by atoms with E-state index in [0.717, 1.165) is 0 Å². The molecule has 2 nitrogen and oxygen atoms in total. The molecule has 0 aliphatic rings. The maximum absolute atomic E-state index is 12.8. The van der Waals surface area contributed by atoms with Crippen molar-refractivity contribution >= 4 is 11.3 Å². The molecule has 2 rings (SSSR count). The molecule has 7 heteroatoms. The zero-order valence-corrected chi connectivity index (χ0v) is 9.69. The van der Waals surface area contributed by atoms with E-state index in [1.54, 1.807) is 0 Å². The Kier molecular flexibility index (Phi) is 3.51. The Morgan fingerprint density at radius 1 is 1.28 bits per heavy atom. The van der Waals surface area contributed by atoms with Crippen molar-refractivity contribution in [3.63, 3.8) is 0 Å². The van der Waals surface area contributed by atoms with Gasteiger partial charge in [0.25, 0.3) is 0 Å². The molecule has 96 valence electrons. The van der Waals surface area contributed by atoms with E-state index in [1.165, 1.54) is 41.1 Å². The highest BCUT2D eigenvalue weighted by molar-refractivity contribution is 7.13. The van der Waals surface area contributed by atoms with Crippen molar-refractivity contribution in [3.8, 4) is 16.3 Å². The number of hydrogen-bond donors (Lipinski definition) is 0. The molecule has 0 radical (unpaired) electrons. The van der Waals surface area contributed by atoms with Crippen LogP contribution < -0.4 is 4.74 Å². The number of halogens is 4. The molecule has 0 unspecified atom stereocenters. The fraction of sp³-hybridized carbons (Fsp3) is 0.182. The van der Waals surface area contributed by atoms with Crippen LogP contribution in [0, 0.1) is 5.82 Å². The quantitative estimate of drug-likeness (QED) is 0.794. The molecule has 0 saturated heterocycles. The molecule has 0 saturated carbocycles. The molecule has 0 aromatic carbocycles. The lowest BCUT2D eigenvalue weighted by molar-refractivity contribution is -0.154. The number of nitrogens with zero attached hydrogens (tertiary/aromatic N) is 1. The van der Waals surface area contributed by atoms with Crippen LogP contribution in [0.1, 0.15) is 0 Å². The summed E-state index contributed by atoms with van der Waals surface area (Å²) in [5.41, 5.74) is 0.628. The van der Waals surface area contributed by atoms with Crippen LogP contribution in [0.15, 0.2) is 29.8 Å². The zero-order chi connectivity index (χ0) is 13.2. The van der Waals surface area contributed by atoms with Crippen LogP contribution in [0.2, 0.25) is 0 Å². The van der Waals surface area contributed by atoms with Crippen molar-refractivity contribution in [1.82, 2.24) is 4.98 Å². The van der Waals surface area contributed by atoms with E-state index in [9.17, 15) is 17.6 Å². The van der Waals surface area contributed by atoms with Gasteiger partial charge in [0.15, 0.2) is 6.61 Å². The van der Waals surface area contributed by atoms with Crippen LogP contribution in [0.4, 0.5) is 17.6 Å². The van der Waals surface area contributed by atoms with E-state index in [2.05, 4.69) is 9.72 Å². The Hall–Kier alpha value is -1.63. The van der Waals surface area contributed by atoms with E-state index in [0.29, 0.717) is 10.4 Å². The maximum Gasteiger partial charge on any atom is 0.422 e. The van der Waals surface area contributed by atoms with Crippen LogP contribution in [0.25, 0.3) is 10.4 Å². The molecular formula is C11H7F4NOS. The summed E-state index contributed by atoms with van der Waals surface area (Å²) in [5, 5.41) is 1.34. The number of aromatic nitrogens is 1. The van der Waals surface area contributed by atoms with Crippen molar-refractivity contribution in [2.24, 2.45) is 0 Å². The molecule has 0 aliphatic heterocycles. The van der Waals surface area contributed by atoms with Crippen molar-refractivity contribution < 1.29 is 22.3 Å². The van der Waals surface area contributed by atoms with Gasteiger partial charge in [0.2, 0.25) is 5.88 Å². The highest BCUT2D eigenvalue weighted by Gasteiger charge is 2.28. The zero-order valence-electron chi connectivity index (χ0n) is 8.87. The second-order valence-corrected chi connectivity index (χ2v) is 4.33. The lowest BCUT2D eigenvalue weighted by Gasteiger charge is -2.08. The van der Waals surface area contributed by atoms with E-state index >= 15 is 0 Å². The van der Waals surface area contributed by atoms with Gasteiger partial charge in [-0.1, -0.05) is 0 Å². The molecule has 0 bridgehead atoms. The van der Waals surface area contributed by atoms with Gasteiger partial charge < -0.3 is 4.74 Å². The normalized spacial score (nSPS) is 11.6. The summed E-state index contributed by atoms with van der Waals surface area (Å²) in [6, 6.07) is 4.18. The number of hydrogen-bond acceptors (Lipinski definition) is 3. The Morgan fingerprint density at radius 3 is 2.56 bits per heavy atom. The molecule has 2 heterocycles. The Labute approximate surface area is 104 Å². The van der Waals surface area contributed by atoms with E-state index in [1.807, 2.05) is 0 Å². The third-order valence-corrected chi connectivity index (χ3v) is 2.92. The summed E-state index contributed by atoms with van der Waals surface area (Å²) in [7, 11) is 0. The van der Waals surface area contributed by atoms with Gasteiger partial charge in [-0.2, -0.15) is 13.2 Å². The standard InChI is InChI=1S/C11H7F4NOS/c12-8-3-9(18-5-8)7-1-2-10(16-4-7)17-6-11(13,14)15/h1-5H,6H2. The summed E-state index contributed by atoms with van der Waals surface area (Å²) in [6.45, 7) is -1.38. The summed E-state index contributed by atoms with van der Waals surface area (Å²) in [6.07, 6.45) is -3.05. The fourth-order valence-electron chi connectivity index (χ4n) is 1.23. The summed E-state index contributed by atoms with van der Waals surface area (Å²) in [4.78, 5) is 4.38. The smallest absolute Gasteiger partial charge is 0.422 e. The molecule has 18 heavy (non-hydrogen) atoms. The molecule has 0 N–H and O–H groups in total. The van der Waals surface area contributed by atoms with Gasteiger partial charge in [-0.05, 0) is 12.1 Å². The first-order valence-electron chi connectivity index (χ1n) is 4.84. The number of ether oxygens (including phenoxy) is 1. The van der Waals surface area contributed by atoms with Crippen molar-refractivity contribution in [2.45, 2.75) is 6.18 Å². The van der Waals surface area contributed by atoms with E-state index < -0.39 is 12.8 Å². The average Bonchev–Trinajstić information content (AvgIpc) is 2.73. The SMILES string of the molecule is Fc1csc(-c2ccc(OCC(F)(F)F)nc2)c1. The van der Waals surface area contributed by atoms with Gasteiger partial charge in [0.05, 0.1) is 0 Å². The molecular weight excluding hydrogens is 270 g/mol. The third-order valence-electron chi connectivity index (χ3n) is 1.97. The minimum absolute atomic E-state index is 0.117. The lowest BCUT2D eigenvalue weighted by Crippen LogP contribution is -2.19. The number of rotatable bonds is 3. The monoisotopic (exact) mass is 277 g/mol. The van der Waals surface area contributed by atoms with Gasteiger partial charge in [-0.3, -0.25) is 0 Å². The Bertz CT molecular complexity index is 521. The topological polar surface area (TPSA) is 22.1 Å². The van der Waals surface area contributed by atoms with Gasteiger partial charge in [0.1, 0.15) is 5.82 Å². The van der Waals surface area contributed by atoms with Crippen LogP contribution in [0.5, 0.6) is 5.88 Å². The van der Waals surface area contributed by atoms with Crippen molar-refractivity contribution in [3.05, 3.63) is 35.6 Å². The first-order chi connectivity index (χ1) is 8.44. The third kappa shape index (κ3) is 3.43. The van der Waals surface area contributed by atoms with Gasteiger partial charge >= 0.3 is 6.18 Å². The first kappa shape index (κ1) is 12.8. The lowest BCUT2D eigenvalue weighted by atomic mass is 10.2. The molecule has 2 aromatic heterocycles. The highest BCUT2D eigenvalue weighted by Crippen LogP contribution is 2.27. The first-order valence-corrected chi connectivity index (χ1v) is 5.72. The molecule has 2 aromatic rings.